The van der Waals surface area contributed by atoms with Gasteiger partial charge in [0.05, 0.1) is 22.8 Å². The molecule has 7 heteroatoms. The Kier molecular flexibility index (Phi) is 7.63. The zero-order valence-electron chi connectivity index (χ0n) is 16.4. The third-order valence-electron chi connectivity index (χ3n) is 5.30. The summed E-state index contributed by atoms with van der Waals surface area (Å²) in [6.07, 6.45) is 1.59. The van der Waals surface area contributed by atoms with E-state index in [-0.39, 0.29) is 18.0 Å². The van der Waals surface area contributed by atoms with Crippen LogP contribution in [0.1, 0.15) is 27.9 Å². The number of carboxylic acid groups (broad SMARTS) is 1. The lowest BCUT2D eigenvalue weighted by molar-refractivity contribution is 0.0571. The van der Waals surface area contributed by atoms with E-state index < -0.39 is 11.6 Å². The first-order chi connectivity index (χ1) is 13.4. The number of hydrogen-bond donors (Lipinski definition) is 2. The van der Waals surface area contributed by atoms with Gasteiger partial charge in [-0.15, -0.1) is 12.4 Å². The van der Waals surface area contributed by atoms with Crippen LogP contribution in [0.4, 0.5) is 5.69 Å². The summed E-state index contributed by atoms with van der Waals surface area (Å²) in [4.78, 5) is 15.2. The molecule has 1 atom stereocenters. The smallest absolute Gasteiger partial charge is 0.335 e. The molecule has 1 unspecified atom stereocenters. The van der Waals surface area contributed by atoms with Crippen LogP contribution < -0.4 is 4.90 Å². The van der Waals surface area contributed by atoms with Crippen LogP contribution in [0.25, 0.3) is 0 Å². The lowest BCUT2D eigenvalue weighted by Crippen LogP contribution is -2.44. The van der Waals surface area contributed by atoms with Gasteiger partial charge in [0, 0.05) is 38.9 Å². The fourth-order valence-electron chi connectivity index (χ4n) is 3.68. The Labute approximate surface area is 177 Å². The number of aliphatic hydroxyl groups is 1. The second-order valence-corrected chi connectivity index (χ2v) is 7.52. The fourth-order valence-corrected chi connectivity index (χ4v) is 3.68. The minimum absolute atomic E-state index is 0. The molecule has 0 amide bonds. The number of anilines is 1. The number of benzene rings is 2. The number of rotatable bonds is 7. The SMILES string of the molecule is CN(CC1(O)CCN(CCc2ccc(C#N)cc2)C1)c1ccc(C(=O)O)cc1.Cl. The molecular weight excluding hydrogens is 390 g/mol. The molecule has 29 heavy (non-hydrogen) atoms. The number of carbonyl (C=O) groups is 1. The van der Waals surface area contributed by atoms with E-state index in [1.807, 2.05) is 36.2 Å². The highest BCUT2D eigenvalue weighted by Crippen LogP contribution is 2.25. The third-order valence-corrected chi connectivity index (χ3v) is 5.30. The Morgan fingerprint density at radius 2 is 1.86 bits per heavy atom. The molecule has 6 nitrogen and oxygen atoms in total. The van der Waals surface area contributed by atoms with E-state index >= 15 is 0 Å². The first kappa shape index (κ1) is 22.7. The monoisotopic (exact) mass is 415 g/mol. The highest BCUT2D eigenvalue weighted by atomic mass is 35.5. The molecule has 0 spiro atoms. The van der Waals surface area contributed by atoms with E-state index in [4.69, 9.17) is 10.4 Å². The van der Waals surface area contributed by atoms with E-state index in [9.17, 15) is 9.90 Å². The molecule has 3 rings (SSSR count). The quantitative estimate of drug-likeness (QED) is 0.723. The normalized spacial score (nSPS) is 18.7. The van der Waals surface area contributed by atoms with E-state index in [1.54, 1.807) is 24.3 Å². The van der Waals surface area contributed by atoms with Gasteiger partial charge in [0.2, 0.25) is 0 Å². The molecule has 0 bridgehead atoms. The molecule has 1 saturated heterocycles. The molecule has 1 fully saturated rings. The number of nitriles is 1. The topological polar surface area (TPSA) is 87.8 Å². The van der Waals surface area contributed by atoms with Crippen LogP contribution in [0.15, 0.2) is 48.5 Å². The molecule has 154 valence electrons. The van der Waals surface area contributed by atoms with Crippen molar-refractivity contribution >= 4 is 24.1 Å². The minimum atomic E-state index is -0.943. The van der Waals surface area contributed by atoms with Gasteiger partial charge in [0.15, 0.2) is 0 Å². The number of aromatic carboxylic acids is 1. The molecular formula is C22H26ClN3O3. The Morgan fingerprint density at radius 3 is 2.45 bits per heavy atom. The van der Waals surface area contributed by atoms with Crippen molar-refractivity contribution in [3.05, 3.63) is 65.2 Å². The van der Waals surface area contributed by atoms with Crippen molar-refractivity contribution in [3.63, 3.8) is 0 Å². The minimum Gasteiger partial charge on any atom is -0.478 e. The summed E-state index contributed by atoms with van der Waals surface area (Å²) < 4.78 is 0. The average Bonchev–Trinajstić information content (AvgIpc) is 3.07. The lowest BCUT2D eigenvalue weighted by atomic mass is 10.0. The summed E-state index contributed by atoms with van der Waals surface area (Å²) in [5, 5.41) is 28.9. The summed E-state index contributed by atoms with van der Waals surface area (Å²) in [6.45, 7) is 2.82. The molecule has 2 aromatic rings. The molecule has 2 aromatic carbocycles. The number of hydrogen-bond acceptors (Lipinski definition) is 5. The van der Waals surface area contributed by atoms with Crippen molar-refractivity contribution in [2.75, 3.05) is 38.1 Å². The van der Waals surface area contributed by atoms with Gasteiger partial charge in [-0.05, 0) is 54.8 Å². The summed E-state index contributed by atoms with van der Waals surface area (Å²) in [5.41, 5.74) is 2.20. The van der Waals surface area contributed by atoms with Crippen LogP contribution >= 0.6 is 12.4 Å². The lowest BCUT2D eigenvalue weighted by Gasteiger charge is -2.30. The fraction of sp³-hybridized carbons (Fsp3) is 0.364. The maximum atomic E-state index is 11.0. The van der Waals surface area contributed by atoms with E-state index in [0.717, 1.165) is 25.2 Å². The number of nitrogens with zero attached hydrogens (tertiary/aromatic N) is 3. The van der Waals surface area contributed by atoms with Gasteiger partial charge < -0.3 is 15.1 Å². The largest absolute Gasteiger partial charge is 0.478 e. The van der Waals surface area contributed by atoms with Crippen LogP contribution in [0, 0.1) is 11.3 Å². The van der Waals surface area contributed by atoms with Crippen molar-refractivity contribution in [3.8, 4) is 6.07 Å². The molecule has 1 aliphatic heterocycles. The molecule has 2 N–H and O–H groups in total. The van der Waals surface area contributed by atoms with Crippen LogP contribution in [-0.2, 0) is 6.42 Å². The first-order valence-electron chi connectivity index (χ1n) is 9.37. The number of likely N-dealkylation sites (N-methyl/N-ethyl adjacent to an activating group) is 1. The Hall–Kier alpha value is -2.59. The van der Waals surface area contributed by atoms with Gasteiger partial charge in [0.25, 0.3) is 0 Å². The standard InChI is InChI=1S/C22H25N3O3.ClH/c1-24(20-8-6-19(7-9-20)21(26)27)15-22(28)11-13-25(16-22)12-10-17-2-4-18(14-23)5-3-17;/h2-9,28H,10-13,15-16H2,1H3,(H,26,27);1H. The Bertz CT molecular complexity index is 864. The summed E-state index contributed by atoms with van der Waals surface area (Å²) >= 11 is 0. The van der Waals surface area contributed by atoms with Crippen molar-refractivity contribution < 1.29 is 15.0 Å². The summed E-state index contributed by atoms with van der Waals surface area (Å²) in [7, 11) is 1.91. The predicted octanol–water partition coefficient (Wildman–Crippen LogP) is 2.79. The maximum absolute atomic E-state index is 11.0. The molecule has 1 aliphatic rings. The van der Waals surface area contributed by atoms with Gasteiger partial charge in [-0.25, -0.2) is 4.79 Å². The highest BCUT2D eigenvalue weighted by molar-refractivity contribution is 5.88. The van der Waals surface area contributed by atoms with Crippen LogP contribution in [0.5, 0.6) is 0 Å². The maximum Gasteiger partial charge on any atom is 0.335 e. The molecule has 0 aromatic heterocycles. The van der Waals surface area contributed by atoms with Crippen LogP contribution in [0.3, 0.4) is 0 Å². The highest BCUT2D eigenvalue weighted by Gasteiger charge is 2.36. The predicted molar refractivity (Wildman–Crippen MR) is 115 cm³/mol. The van der Waals surface area contributed by atoms with Crippen molar-refractivity contribution in [1.29, 1.82) is 5.26 Å². The van der Waals surface area contributed by atoms with Gasteiger partial charge in [-0.3, -0.25) is 4.90 Å². The Balaban J connectivity index is 0.00000300. The van der Waals surface area contributed by atoms with Gasteiger partial charge in [-0.2, -0.15) is 5.26 Å². The van der Waals surface area contributed by atoms with Crippen LogP contribution in [0.2, 0.25) is 0 Å². The molecule has 1 heterocycles. The number of carboxylic acids is 1. The van der Waals surface area contributed by atoms with Crippen LogP contribution in [-0.4, -0.2) is 59.9 Å². The van der Waals surface area contributed by atoms with Gasteiger partial charge in [0.1, 0.15) is 0 Å². The molecule has 0 radical (unpaired) electrons. The van der Waals surface area contributed by atoms with E-state index in [2.05, 4.69) is 11.0 Å². The van der Waals surface area contributed by atoms with Crippen molar-refractivity contribution in [1.82, 2.24) is 4.90 Å². The number of β-amino-alcohol motifs (C(OH)–C–C–N with tert-alkyl or cyclic N) is 1. The van der Waals surface area contributed by atoms with Gasteiger partial charge >= 0.3 is 5.97 Å². The average molecular weight is 416 g/mol. The second-order valence-electron chi connectivity index (χ2n) is 7.52. The zero-order chi connectivity index (χ0) is 20.1. The van der Waals surface area contributed by atoms with Gasteiger partial charge in [-0.1, -0.05) is 12.1 Å². The molecule has 0 aliphatic carbocycles. The summed E-state index contributed by atoms with van der Waals surface area (Å²) in [5.74, 6) is -0.943. The number of halogens is 1. The Morgan fingerprint density at radius 1 is 1.21 bits per heavy atom. The summed E-state index contributed by atoms with van der Waals surface area (Å²) in [6, 6.07) is 16.5. The molecule has 0 saturated carbocycles. The zero-order valence-corrected chi connectivity index (χ0v) is 17.2. The van der Waals surface area contributed by atoms with Crippen molar-refractivity contribution in [2.45, 2.75) is 18.4 Å². The van der Waals surface area contributed by atoms with Crippen molar-refractivity contribution in [2.24, 2.45) is 0 Å². The second kappa shape index (κ2) is 9.75. The van der Waals surface area contributed by atoms with E-state index in [0.29, 0.717) is 25.1 Å². The third kappa shape index (κ3) is 5.94. The number of likely N-dealkylation sites (tertiary alicyclic amines) is 1. The van der Waals surface area contributed by atoms with E-state index in [1.165, 1.54) is 5.56 Å². The first-order valence-corrected chi connectivity index (χ1v) is 9.37.